The number of carbonyl (C=O) groups excluding carboxylic acids is 1. The van der Waals surface area contributed by atoms with Gasteiger partial charge in [-0.05, 0) is 49.3 Å². The lowest BCUT2D eigenvalue weighted by atomic mass is 10.1. The van der Waals surface area contributed by atoms with Gasteiger partial charge in [0.15, 0.2) is 5.69 Å². The lowest BCUT2D eigenvalue weighted by Gasteiger charge is -2.16. The number of aliphatic hydroxyl groups excluding tert-OH is 1. The average Bonchev–Trinajstić information content (AvgIpc) is 3.29. The highest BCUT2D eigenvalue weighted by atomic mass is 32.1. The highest BCUT2D eigenvalue weighted by Gasteiger charge is 2.26. The summed E-state index contributed by atoms with van der Waals surface area (Å²) in [5.41, 5.74) is 1.62. The van der Waals surface area contributed by atoms with Crippen LogP contribution < -0.4 is 10.6 Å². The van der Waals surface area contributed by atoms with Gasteiger partial charge in [0.1, 0.15) is 5.82 Å². The van der Waals surface area contributed by atoms with Crippen LogP contribution in [0.25, 0.3) is 10.2 Å². The van der Waals surface area contributed by atoms with Gasteiger partial charge in [-0.1, -0.05) is 0 Å². The van der Waals surface area contributed by atoms with E-state index in [1.54, 1.807) is 6.20 Å². The lowest BCUT2D eigenvalue weighted by Crippen LogP contribution is -2.34. The molecule has 1 saturated carbocycles. The van der Waals surface area contributed by atoms with Crippen LogP contribution in [0, 0.1) is 5.82 Å². The number of pyridine rings is 1. The monoisotopic (exact) mass is 401 g/mol. The number of rotatable bonds is 5. The van der Waals surface area contributed by atoms with E-state index in [-0.39, 0.29) is 24.1 Å². The Kier molecular flexibility index (Phi) is 5.19. The number of hydrogen-bond donors (Lipinski definition) is 3. The zero-order chi connectivity index (χ0) is 19.7. The second-order valence-corrected chi connectivity index (χ2v) is 7.89. The van der Waals surface area contributed by atoms with Gasteiger partial charge in [0.2, 0.25) is 5.95 Å². The molecule has 4 rings (SSSR count). The number of nitrogens with zero attached hydrogens (tertiary/aromatic N) is 3. The van der Waals surface area contributed by atoms with E-state index in [4.69, 9.17) is 0 Å². The number of anilines is 1. The quantitative estimate of drug-likeness (QED) is 0.608. The Balaban J connectivity index is 1.59. The molecule has 3 N–H and O–H groups in total. The van der Waals surface area contributed by atoms with Crippen LogP contribution in [0.4, 0.5) is 10.3 Å². The highest BCUT2D eigenvalue weighted by Crippen LogP contribution is 2.26. The molecule has 1 fully saturated rings. The van der Waals surface area contributed by atoms with Crippen LogP contribution in [0.5, 0.6) is 0 Å². The van der Waals surface area contributed by atoms with Gasteiger partial charge >= 0.3 is 0 Å². The number of thiophene rings is 1. The molecule has 1 amide bonds. The summed E-state index contributed by atoms with van der Waals surface area (Å²) in [6.45, 7) is 1.84. The maximum absolute atomic E-state index is 13.4. The average molecular weight is 401 g/mol. The van der Waals surface area contributed by atoms with E-state index >= 15 is 0 Å². The number of fused-ring (bicyclic) bond motifs is 1. The van der Waals surface area contributed by atoms with Crippen molar-refractivity contribution in [1.29, 1.82) is 0 Å². The largest absolute Gasteiger partial charge is 0.393 e. The fourth-order valence-corrected chi connectivity index (χ4v) is 4.18. The summed E-state index contributed by atoms with van der Waals surface area (Å²) in [7, 11) is 0. The maximum atomic E-state index is 13.4. The molecule has 3 atom stereocenters. The first-order valence-electron chi connectivity index (χ1n) is 9.11. The minimum atomic E-state index is -0.417. The van der Waals surface area contributed by atoms with E-state index in [0.29, 0.717) is 40.3 Å². The van der Waals surface area contributed by atoms with Crippen LogP contribution in [0.1, 0.15) is 48.3 Å². The zero-order valence-electron chi connectivity index (χ0n) is 15.2. The molecule has 3 heterocycles. The van der Waals surface area contributed by atoms with Crippen LogP contribution >= 0.6 is 11.3 Å². The van der Waals surface area contributed by atoms with E-state index in [0.717, 1.165) is 12.6 Å². The van der Waals surface area contributed by atoms with Gasteiger partial charge < -0.3 is 15.7 Å². The maximum Gasteiger partial charge on any atom is 0.271 e. The first kappa shape index (κ1) is 18.7. The van der Waals surface area contributed by atoms with Crippen molar-refractivity contribution in [3.05, 3.63) is 47.0 Å². The van der Waals surface area contributed by atoms with Crippen LogP contribution in [-0.2, 0) is 0 Å². The molecular weight excluding hydrogens is 381 g/mol. The number of carbonyl (C=O) groups is 1. The fourth-order valence-electron chi connectivity index (χ4n) is 3.37. The Bertz CT molecular complexity index is 1010. The van der Waals surface area contributed by atoms with E-state index < -0.39 is 5.82 Å². The molecule has 1 aliphatic rings. The van der Waals surface area contributed by atoms with Crippen LogP contribution in [0.3, 0.4) is 0 Å². The molecule has 9 heteroatoms. The summed E-state index contributed by atoms with van der Waals surface area (Å²) in [6.07, 6.45) is 4.35. The number of aromatic nitrogens is 3. The van der Waals surface area contributed by atoms with Crippen molar-refractivity contribution in [2.45, 2.75) is 44.4 Å². The molecule has 7 nitrogen and oxygen atoms in total. The first-order valence-corrected chi connectivity index (χ1v) is 9.98. The number of halogens is 1. The molecule has 0 radical (unpaired) electrons. The lowest BCUT2D eigenvalue weighted by molar-refractivity contribution is 0.0931. The van der Waals surface area contributed by atoms with E-state index in [2.05, 4.69) is 25.6 Å². The summed E-state index contributed by atoms with van der Waals surface area (Å²) in [5.74, 6) is -0.407. The molecule has 0 bridgehead atoms. The highest BCUT2D eigenvalue weighted by molar-refractivity contribution is 7.17. The summed E-state index contributed by atoms with van der Waals surface area (Å²) in [6, 6.07) is 2.88. The molecule has 1 aliphatic carbocycles. The zero-order valence-corrected chi connectivity index (χ0v) is 16.0. The van der Waals surface area contributed by atoms with E-state index in [1.165, 1.54) is 17.4 Å². The van der Waals surface area contributed by atoms with Gasteiger partial charge in [0.25, 0.3) is 5.91 Å². The van der Waals surface area contributed by atoms with Crippen molar-refractivity contribution in [2.24, 2.45) is 0 Å². The molecule has 3 aromatic heterocycles. The predicted molar refractivity (Wildman–Crippen MR) is 105 cm³/mol. The third-order valence-electron chi connectivity index (χ3n) is 4.83. The third kappa shape index (κ3) is 3.95. The number of nitrogens with one attached hydrogen (secondary N) is 2. The van der Waals surface area contributed by atoms with Gasteiger partial charge in [-0.3, -0.25) is 9.78 Å². The van der Waals surface area contributed by atoms with Crippen molar-refractivity contribution in [3.63, 3.8) is 0 Å². The summed E-state index contributed by atoms with van der Waals surface area (Å²) in [4.78, 5) is 25.6. The molecule has 146 valence electrons. The van der Waals surface area contributed by atoms with Gasteiger partial charge in [0.05, 0.1) is 28.6 Å². The Labute approximate surface area is 165 Å². The fraction of sp³-hybridized carbons (Fsp3) is 0.368. The van der Waals surface area contributed by atoms with Gasteiger partial charge in [-0.25, -0.2) is 14.4 Å². The molecule has 0 aliphatic heterocycles. The van der Waals surface area contributed by atoms with Crippen molar-refractivity contribution in [1.82, 2.24) is 20.3 Å². The van der Waals surface area contributed by atoms with Crippen LogP contribution in [0.15, 0.2) is 29.9 Å². The Hall–Kier alpha value is -2.65. The van der Waals surface area contributed by atoms with E-state index in [9.17, 15) is 14.3 Å². The predicted octanol–water partition coefficient (Wildman–Crippen LogP) is 3.04. The normalized spacial score (nSPS) is 20.2. The molecule has 2 unspecified atom stereocenters. The Morgan fingerprint density at radius 1 is 1.36 bits per heavy atom. The third-order valence-corrected chi connectivity index (χ3v) is 5.74. The summed E-state index contributed by atoms with van der Waals surface area (Å²) in [5, 5.41) is 17.6. The summed E-state index contributed by atoms with van der Waals surface area (Å²) >= 11 is 1.40. The smallest absolute Gasteiger partial charge is 0.271 e. The van der Waals surface area contributed by atoms with Crippen molar-refractivity contribution >= 4 is 33.4 Å². The SMILES string of the molecule is CC(Nc1nc(C(=O)N[C@@H]2CCC(O)C2)c2sccc2n1)c1cncc(F)c1. The van der Waals surface area contributed by atoms with Crippen molar-refractivity contribution in [3.8, 4) is 0 Å². The minimum absolute atomic E-state index is 0.0545. The Morgan fingerprint density at radius 2 is 2.21 bits per heavy atom. The number of hydrogen-bond acceptors (Lipinski definition) is 7. The molecular formula is C19H20FN5O2S. The van der Waals surface area contributed by atoms with Gasteiger partial charge in [0, 0.05) is 12.2 Å². The van der Waals surface area contributed by atoms with Crippen LogP contribution in [-0.4, -0.2) is 38.1 Å². The number of aliphatic hydroxyl groups is 1. The van der Waals surface area contributed by atoms with E-state index in [1.807, 2.05) is 18.4 Å². The summed E-state index contributed by atoms with van der Waals surface area (Å²) < 4.78 is 14.1. The van der Waals surface area contributed by atoms with Gasteiger partial charge in [-0.2, -0.15) is 0 Å². The van der Waals surface area contributed by atoms with Crippen molar-refractivity contribution < 1.29 is 14.3 Å². The first-order chi connectivity index (χ1) is 13.5. The molecule has 0 aromatic carbocycles. The molecule has 0 spiro atoms. The molecule has 0 saturated heterocycles. The van der Waals surface area contributed by atoms with Crippen LogP contribution in [0.2, 0.25) is 0 Å². The number of amides is 1. The van der Waals surface area contributed by atoms with Crippen molar-refractivity contribution in [2.75, 3.05) is 5.32 Å². The Morgan fingerprint density at radius 3 is 2.96 bits per heavy atom. The topological polar surface area (TPSA) is 100 Å². The minimum Gasteiger partial charge on any atom is -0.393 e. The standard InChI is InChI=1S/C19H20FN5O2S/c1-10(11-6-12(20)9-21-8-11)22-19-24-15-4-5-28-17(15)16(25-19)18(27)23-13-2-3-14(26)7-13/h4-6,8-10,13-14,26H,2-3,7H2,1H3,(H,23,27)(H,22,24,25)/t10?,13-,14?/m1/s1. The van der Waals surface area contributed by atoms with Gasteiger partial charge in [-0.15, -0.1) is 11.3 Å². The second-order valence-electron chi connectivity index (χ2n) is 6.97. The molecule has 28 heavy (non-hydrogen) atoms. The molecule has 3 aromatic rings. The second kappa shape index (κ2) is 7.76.